The summed E-state index contributed by atoms with van der Waals surface area (Å²) in [7, 11) is 5.56. The molecule has 0 aromatic heterocycles. The van der Waals surface area contributed by atoms with Gasteiger partial charge < -0.3 is 15.0 Å². The Balaban J connectivity index is 1.99. The van der Waals surface area contributed by atoms with Crippen molar-refractivity contribution in [3.63, 3.8) is 0 Å². The molecule has 0 aliphatic rings. The monoisotopic (exact) mass is 346 g/mol. The van der Waals surface area contributed by atoms with Gasteiger partial charge in [0, 0.05) is 11.6 Å². The fourth-order valence-electron chi connectivity index (χ4n) is 2.56. The molecule has 0 heterocycles. The summed E-state index contributed by atoms with van der Waals surface area (Å²) in [4.78, 5) is 14.3. The van der Waals surface area contributed by atoms with Crippen molar-refractivity contribution in [2.24, 2.45) is 0 Å². The molecule has 5 heteroatoms. The molecule has 2 aromatic rings. The summed E-state index contributed by atoms with van der Waals surface area (Å²) in [5, 5.41) is 3.70. The number of hydrogen-bond donors (Lipinski definition) is 1. The average Bonchev–Trinajstić information content (AvgIpc) is 2.56. The van der Waals surface area contributed by atoms with Gasteiger partial charge in [-0.05, 0) is 43.4 Å². The predicted molar refractivity (Wildman–Crippen MR) is 97.6 cm³/mol. The van der Waals surface area contributed by atoms with E-state index in [1.54, 1.807) is 7.11 Å². The lowest BCUT2D eigenvalue weighted by molar-refractivity contribution is -0.120. The van der Waals surface area contributed by atoms with Crippen LogP contribution in [-0.2, 0) is 11.2 Å². The minimum absolute atomic E-state index is 0.0213. The first-order valence-electron chi connectivity index (χ1n) is 7.81. The lowest BCUT2D eigenvalue weighted by Crippen LogP contribution is -2.35. The average molecular weight is 347 g/mol. The van der Waals surface area contributed by atoms with Crippen LogP contribution < -0.4 is 10.1 Å². The van der Waals surface area contributed by atoms with E-state index in [-0.39, 0.29) is 11.9 Å². The molecule has 0 bridgehead atoms. The van der Waals surface area contributed by atoms with Crippen LogP contribution in [0.3, 0.4) is 0 Å². The van der Waals surface area contributed by atoms with E-state index in [2.05, 4.69) is 5.32 Å². The SMILES string of the molecule is COc1cccc(CC(=O)NCC(c2ccccc2Cl)N(C)C)c1. The second-order valence-electron chi connectivity index (χ2n) is 5.83. The first-order valence-corrected chi connectivity index (χ1v) is 8.19. The highest BCUT2D eigenvalue weighted by molar-refractivity contribution is 6.31. The summed E-state index contributed by atoms with van der Waals surface area (Å²) < 4.78 is 5.18. The first kappa shape index (κ1) is 18.3. The number of amides is 1. The van der Waals surface area contributed by atoms with Crippen molar-refractivity contribution in [2.45, 2.75) is 12.5 Å². The van der Waals surface area contributed by atoms with E-state index in [4.69, 9.17) is 16.3 Å². The van der Waals surface area contributed by atoms with Gasteiger partial charge in [-0.1, -0.05) is 41.9 Å². The third-order valence-electron chi connectivity index (χ3n) is 3.88. The Morgan fingerprint density at radius 3 is 2.62 bits per heavy atom. The number of methoxy groups -OCH3 is 1. The van der Waals surface area contributed by atoms with Gasteiger partial charge in [-0.15, -0.1) is 0 Å². The van der Waals surface area contributed by atoms with Gasteiger partial charge in [-0.2, -0.15) is 0 Å². The van der Waals surface area contributed by atoms with Crippen molar-refractivity contribution in [3.8, 4) is 5.75 Å². The molecule has 1 atom stereocenters. The Morgan fingerprint density at radius 2 is 1.96 bits per heavy atom. The van der Waals surface area contributed by atoms with Crippen LogP contribution in [0.15, 0.2) is 48.5 Å². The number of likely N-dealkylation sites (N-methyl/N-ethyl adjacent to an activating group) is 1. The maximum atomic E-state index is 12.3. The summed E-state index contributed by atoms with van der Waals surface area (Å²) in [6.07, 6.45) is 0.319. The second kappa shape index (κ2) is 8.71. The number of rotatable bonds is 7. The van der Waals surface area contributed by atoms with Crippen LogP contribution in [0.25, 0.3) is 0 Å². The number of hydrogen-bond acceptors (Lipinski definition) is 3. The third kappa shape index (κ3) is 4.98. The van der Waals surface area contributed by atoms with E-state index in [9.17, 15) is 4.79 Å². The quantitative estimate of drug-likeness (QED) is 0.836. The number of benzene rings is 2. The van der Waals surface area contributed by atoms with Gasteiger partial charge in [0.15, 0.2) is 0 Å². The Bertz CT molecular complexity index is 689. The largest absolute Gasteiger partial charge is 0.497 e. The van der Waals surface area contributed by atoms with Crippen LogP contribution in [0, 0.1) is 0 Å². The van der Waals surface area contributed by atoms with Gasteiger partial charge in [-0.25, -0.2) is 0 Å². The molecule has 0 fully saturated rings. The molecule has 24 heavy (non-hydrogen) atoms. The van der Waals surface area contributed by atoms with Crippen LogP contribution >= 0.6 is 11.6 Å². The van der Waals surface area contributed by atoms with Crippen molar-refractivity contribution in [1.29, 1.82) is 0 Å². The Kier molecular flexibility index (Phi) is 6.64. The van der Waals surface area contributed by atoms with Crippen molar-refractivity contribution >= 4 is 17.5 Å². The Hall–Kier alpha value is -2.04. The van der Waals surface area contributed by atoms with E-state index >= 15 is 0 Å². The molecule has 0 aliphatic carbocycles. The number of ether oxygens (including phenoxy) is 1. The Labute approximate surface area is 148 Å². The van der Waals surface area contributed by atoms with Gasteiger partial charge in [-0.3, -0.25) is 4.79 Å². The van der Waals surface area contributed by atoms with Crippen LogP contribution in [0.5, 0.6) is 5.75 Å². The fourth-order valence-corrected chi connectivity index (χ4v) is 2.82. The molecule has 0 spiro atoms. The highest BCUT2D eigenvalue weighted by Crippen LogP contribution is 2.25. The van der Waals surface area contributed by atoms with Gasteiger partial charge in [0.2, 0.25) is 5.91 Å². The van der Waals surface area contributed by atoms with Crippen LogP contribution in [0.2, 0.25) is 5.02 Å². The Morgan fingerprint density at radius 1 is 1.21 bits per heavy atom. The number of nitrogens with zero attached hydrogens (tertiary/aromatic N) is 1. The van der Waals surface area contributed by atoms with Crippen LogP contribution in [-0.4, -0.2) is 38.6 Å². The molecule has 1 amide bonds. The van der Waals surface area contributed by atoms with E-state index in [1.807, 2.05) is 67.5 Å². The van der Waals surface area contributed by atoms with Crippen LogP contribution in [0.1, 0.15) is 17.2 Å². The molecule has 0 aliphatic heterocycles. The van der Waals surface area contributed by atoms with Crippen molar-refractivity contribution in [1.82, 2.24) is 10.2 Å². The molecule has 2 rings (SSSR count). The van der Waals surface area contributed by atoms with Crippen molar-refractivity contribution in [2.75, 3.05) is 27.7 Å². The zero-order chi connectivity index (χ0) is 17.5. The minimum Gasteiger partial charge on any atom is -0.497 e. The van der Waals surface area contributed by atoms with Gasteiger partial charge >= 0.3 is 0 Å². The zero-order valence-electron chi connectivity index (χ0n) is 14.3. The summed E-state index contributed by atoms with van der Waals surface area (Å²) in [5.41, 5.74) is 1.93. The summed E-state index contributed by atoms with van der Waals surface area (Å²) in [6.45, 7) is 0.500. The molecule has 0 radical (unpaired) electrons. The lowest BCUT2D eigenvalue weighted by atomic mass is 10.1. The van der Waals surface area contributed by atoms with Gasteiger partial charge in [0.25, 0.3) is 0 Å². The molecule has 0 saturated heterocycles. The van der Waals surface area contributed by atoms with E-state index in [0.29, 0.717) is 18.0 Å². The molecule has 128 valence electrons. The maximum absolute atomic E-state index is 12.3. The fraction of sp³-hybridized carbons (Fsp3) is 0.316. The highest BCUT2D eigenvalue weighted by Gasteiger charge is 2.17. The van der Waals surface area contributed by atoms with E-state index in [0.717, 1.165) is 16.9 Å². The molecular weight excluding hydrogens is 324 g/mol. The highest BCUT2D eigenvalue weighted by atomic mass is 35.5. The molecule has 2 aromatic carbocycles. The molecule has 1 unspecified atom stereocenters. The van der Waals surface area contributed by atoms with Crippen molar-refractivity contribution in [3.05, 3.63) is 64.7 Å². The van der Waals surface area contributed by atoms with Crippen molar-refractivity contribution < 1.29 is 9.53 Å². The minimum atomic E-state index is -0.0258. The van der Waals surface area contributed by atoms with Gasteiger partial charge in [0.05, 0.1) is 19.6 Å². The lowest BCUT2D eigenvalue weighted by Gasteiger charge is -2.26. The molecular formula is C19H23ClN2O2. The zero-order valence-corrected chi connectivity index (χ0v) is 15.0. The normalized spacial score (nSPS) is 12.0. The number of nitrogens with one attached hydrogen (secondary N) is 1. The van der Waals surface area contributed by atoms with Gasteiger partial charge in [0.1, 0.15) is 5.75 Å². The molecule has 0 saturated carbocycles. The number of halogens is 1. The number of carbonyl (C=O) groups is 1. The van der Waals surface area contributed by atoms with E-state index < -0.39 is 0 Å². The predicted octanol–water partition coefficient (Wildman–Crippen LogP) is 3.31. The third-order valence-corrected chi connectivity index (χ3v) is 4.22. The molecule has 1 N–H and O–H groups in total. The summed E-state index contributed by atoms with van der Waals surface area (Å²) in [6, 6.07) is 15.3. The smallest absolute Gasteiger partial charge is 0.224 e. The number of carbonyl (C=O) groups excluding carboxylic acids is 1. The van der Waals surface area contributed by atoms with Crippen LogP contribution in [0.4, 0.5) is 0 Å². The topological polar surface area (TPSA) is 41.6 Å². The summed E-state index contributed by atoms with van der Waals surface area (Å²) in [5.74, 6) is 0.727. The second-order valence-corrected chi connectivity index (χ2v) is 6.24. The van der Waals surface area contributed by atoms with E-state index in [1.165, 1.54) is 0 Å². The standard InChI is InChI=1S/C19H23ClN2O2/c1-22(2)18(16-9-4-5-10-17(16)20)13-21-19(23)12-14-7-6-8-15(11-14)24-3/h4-11,18H,12-13H2,1-3H3,(H,21,23). The molecule has 4 nitrogen and oxygen atoms in total. The first-order chi connectivity index (χ1) is 11.5. The maximum Gasteiger partial charge on any atom is 0.224 e. The summed E-state index contributed by atoms with van der Waals surface area (Å²) >= 11 is 6.29.